The molecule has 6 nitrogen and oxygen atoms in total. The van der Waals surface area contributed by atoms with Gasteiger partial charge in [0.1, 0.15) is 11.6 Å². The number of piperazine rings is 1. The quantitative estimate of drug-likeness (QED) is 0.819. The summed E-state index contributed by atoms with van der Waals surface area (Å²) >= 11 is 0. The van der Waals surface area contributed by atoms with Crippen LogP contribution in [-0.2, 0) is 9.59 Å². The van der Waals surface area contributed by atoms with Crippen LogP contribution in [0, 0.1) is 17.2 Å². The largest absolute Gasteiger partial charge is 0.484 e. The smallest absolute Gasteiger partial charge is 0.260 e. The molecule has 1 saturated carbocycles. The maximum Gasteiger partial charge on any atom is 0.260 e. The van der Waals surface area contributed by atoms with Crippen LogP contribution in [0.3, 0.4) is 0 Å². The minimum absolute atomic E-state index is 0. The van der Waals surface area contributed by atoms with Gasteiger partial charge in [-0.05, 0) is 62.0 Å². The summed E-state index contributed by atoms with van der Waals surface area (Å²) in [5, 5.41) is 3.36. The van der Waals surface area contributed by atoms with Crippen molar-refractivity contribution in [1.82, 2.24) is 15.1 Å². The Labute approximate surface area is 170 Å². The molecular weight excluding hydrogens is 385 g/mol. The second-order valence-electron chi connectivity index (χ2n) is 7.82. The number of nitrogens with zero attached hydrogens (tertiary/aromatic N) is 2. The Balaban J connectivity index is 0.00000225. The Morgan fingerprint density at radius 3 is 2.32 bits per heavy atom. The Morgan fingerprint density at radius 2 is 1.68 bits per heavy atom. The summed E-state index contributed by atoms with van der Waals surface area (Å²) in [5.74, 6) is 0.485. The number of hydrogen-bond donors (Lipinski definition) is 1. The van der Waals surface area contributed by atoms with Gasteiger partial charge in [-0.2, -0.15) is 0 Å². The molecule has 1 N–H and O–H groups in total. The van der Waals surface area contributed by atoms with Gasteiger partial charge in [-0.3, -0.25) is 9.59 Å². The molecule has 2 amide bonds. The van der Waals surface area contributed by atoms with E-state index in [0.717, 1.165) is 32.4 Å². The highest BCUT2D eigenvalue weighted by atomic mass is 35.5. The molecule has 1 aromatic carbocycles. The SMILES string of the molecule is Cl.O=C(COc1ccc(F)cc1)N1CCN(C(=O)C2CC23CCNCC3)CC1. The van der Waals surface area contributed by atoms with Crippen molar-refractivity contribution >= 4 is 24.2 Å². The summed E-state index contributed by atoms with van der Waals surface area (Å²) in [4.78, 5) is 28.8. The van der Waals surface area contributed by atoms with Crippen LogP contribution in [0.2, 0.25) is 0 Å². The fourth-order valence-corrected chi connectivity index (χ4v) is 4.34. The maximum absolute atomic E-state index is 12.9. The van der Waals surface area contributed by atoms with E-state index in [4.69, 9.17) is 4.74 Å². The lowest BCUT2D eigenvalue weighted by molar-refractivity contribution is -0.142. The predicted octanol–water partition coefficient (Wildman–Crippen LogP) is 1.69. The zero-order chi connectivity index (χ0) is 18.9. The first-order valence-corrected chi connectivity index (χ1v) is 9.73. The van der Waals surface area contributed by atoms with Crippen molar-refractivity contribution in [2.24, 2.45) is 11.3 Å². The third-order valence-electron chi connectivity index (χ3n) is 6.21. The molecule has 2 aliphatic heterocycles. The Bertz CT molecular complexity index is 701. The normalized spacial score (nSPS) is 23.1. The average molecular weight is 412 g/mol. The van der Waals surface area contributed by atoms with E-state index >= 15 is 0 Å². The Kier molecular flexibility index (Phi) is 6.45. The third kappa shape index (κ3) is 4.41. The van der Waals surface area contributed by atoms with E-state index in [-0.39, 0.29) is 48.0 Å². The molecule has 1 unspecified atom stereocenters. The predicted molar refractivity (Wildman–Crippen MR) is 105 cm³/mol. The second kappa shape index (κ2) is 8.66. The molecule has 2 heterocycles. The van der Waals surface area contributed by atoms with Gasteiger partial charge in [-0.1, -0.05) is 0 Å². The standard InChI is InChI=1S/C20H26FN3O3.ClH/c21-15-1-3-16(4-2-15)27-14-18(25)23-9-11-24(12-10-23)19(26)17-13-20(17)5-7-22-8-6-20;/h1-4,17,22H,5-14H2;1H. The molecule has 1 atom stereocenters. The minimum Gasteiger partial charge on any atom is -0.484 e. The van der Waals surface area contributed by atoms with Crippen LogP contribution in [0.4, 0.5) is 4.39 Å². The van der Waals surface area contributed by atoms with Gasteiger partial charge in [0.05, 0.1) is 0 Å². The van der Waals surface area contributed by atoms with Crippen molar-refractivity contribution in [3.05, 3.63) is 30.1 Å². The molecule has 2 saturated heterocycles. The molecule has 4 rings (SSSR count). The van der Waals surface area contributed by atoms with Gasteiger partial charge < -0.3 is 19.9 Å². The van der Waals surface area contributed by atoms with E-state index in [2.05, 4.69) is 5.32 Å². The molecule has 1 spiro atoms. The van der Waals surface area contributed by atoms with Crippen LogP contribution in [-0.4, -0.2) is 67.5 Å². The molecule has 154 valence electrons. The van der Waals surface area contributed by atoms with Crippen molar-refractivity contribution in [3.8, 4) is 5.75 Å². The Morgan fingerprint density at radius 1 is 1.07 bits per heavy atom. The lowest BCUT2D eigenvalue weighted by Gasteiger charge is -2.35. The first-order valence-electron chi connectivity index (χ1n) is 9.73. The molecule has 1 aromatic rings. The first-order chi connectivity index (χ1) is 13.1. The summed E-state index contributed by atoms with van der Waals surface area (Å²) in [6, 6.07) is 5.62. The van der Waals surface area contributed by atoms with Crippen molar-refractivity contribution in [1.29, 1.82) is 0 Å². The van der Waals surface area contributed by atoms with Crippen molar-refractivity contribution in [2.75, 3.05) is 45.9 Å². The van der Waals surface area contributed by atoms with Crippen molar-refractivity contribution in [3.63, 3.8) is 0 Å². The Hall–Kier alpha value is -1.86. The van der Waals surface area contributed by atoms with E-state index < -0.39 is 0 Å². The fraction of sp³-hybridized carbons (Fsp3) is 0.600. The van der Waals surface area contributed by atoms with Crippen LogP contribution in [0.5, 0.6) is 5.75 Å². The third-order valence-corrected chi connectivity index (χ3v) is 6.21. The number of piperidine rings is 1. The van der Waals surface area contributed by atoms with Gasteiger partial charge in [-0.15, -0.1) is 12.4 Å². The number of hydrogen-bond acceptors (Lipinski definition) is 4. The number of carbonyl (C=O) groups is 2. The zero-order valence-corrected chi connectivity index (χ0v) is 16.7. The number of carbonyl (C=O) groups excluding carboxylic acids is 2. The second-order valence-corrected chi connectivity index (χ2v) is 7.82. The summed E-state index contributed by atoms with van der Waals surface area (Å²) in [6.45, 7) is 4.22. The van der Waals surface area contributed by atoms with Crippen molar-refractivity contribution < 1.29 is 18.7 Å². The summed E-state index contributed by atoms with van der Waals surface area (Å²) in [6.07, 6.45) is 3.23. The lowest BCUT2D eigenvalue weighted by atomic mass is 9.91. The number of halogens is 2. The molecule has 3 aliphatic rings. The molecule has 3 fully saturated rings. The lowest BCUT2D eigenvalue weighted by Crippen LogP contribution is -2.52. The monoisotopic (exact) mass is 411 g/mol. The van der Waals surface area contributed by atoms with Crippen LogP contribution in [0.25, 0.3) is 0 Å². The minimum atomic E-state index is -0.337. The molecule has 0 radical (unpaired) electrons. The van der Waals surface area contributed by atoms with Gasteiger partial charge in [0.2, 0.25) is 5.91 Å². The van der Waals surface area contributed by atoms with E-state index in [1.165, 1.54) is 24.3 Å². The topological polar surface area (TPSA) is 61.9 Å². The van der Waals surface area contributed by atoms with Crippen LogP contribution in [0.15, 0.2) is 24.3 Å². The fourth-order valence-electron chi connectivity index (χ4n) is 4.34. The van der Waals surface area contributed by atoms with Crippen LogP contribution in [0.1, 0.15) is 19.3 Å². The molecule has 28 heavy (non-hydrogen) atoms. The number of amides is 2. The number of ether oxygens (including phenoxy) is 1. The molecule has 8 heteroatoms. The summed E-state index contributed by atoms with van der Waals surface area (Å²) in [5.41, 5.74) is 0.248. The van der Waals surface area contributed by atoms with Gasteiger partial charge in [0.25, 0.3) is 5.91 Å². The zero-order valence-electron chi connectivity index (χ0n) is 15.9. The van der Waals surface area contributed by atoms with Gasteiger partial charge in [0.15, 0.2) is 6.61 Å². The maximum atomic E-state index is 12.9. The number of nitrogens with one attached hydrogen (secondary N) is 1. The van der Waals surface area contributed by atoms with E-state index in [1.807, 2.05) is 4.90 Å². The highest BCUT2D eigenvalue weighted by Crippen LogP contribution is 2.59. The van der Waals surface area contributed by atoms with Crippen LogP contribution < -0.4 is 10.1 Å². The van der Waals surface area contributed by atoms with Gasteiger partial charge in [0, 0.05) is 32.1 Å². The number of benzene rings is 1. The summed E-state index contributed by atoms with van der Waals surface area (Å²) in [7, 11) is 0. The van der Waals surface area contributed by atoms with E-state index in [0.29, 0.717) is 31.9 Å². The molecule has 1 aliphatic carbocycles. The highest BCUT2D eigenvalue weighted by Gasteiger charge is 2.58. The first kappa shape index (κ1) is 20.9. The van der Waals surface area contributed by atoms with Crippen LogP contribution >= 0.6 is 12.4 Å². The van der Waals surface area contributed by atoms with Gasteiger partial charge >= 0.3 is 0 Å². The summed E-state index contributed by atoms with van der Waals surface area (Å²) < 4.78 is 18.3. The molecular formula is C20H27ClFN3O3. The highest BCUT2D eigenvalue weighted by molar-refractivity contribution is 5.85. The average Bonchev–Trinajstić information content (AvgIpc) is 3.40. The van der Waals surface area contributed by atoms with E-state index in [1.54, 1.807) is 4.90 Å². The molecule has 0 aromatic heterocycles. The molecule has 0 bridgehead atoms. The van der Waals surface area contributed by atoms with Crippen molar-refractivity contribution in [2.45, 2.75) is 19.3 Å². The van der Waals surface area contributed by atoms with E-state index in [9.17, 15) is 14.0 Å². The van der Waals surface area contributed by atoms with Gasteiger partial charge in [-0.25, -0.2) is 4.39 Å². The number of rotatable bonds is 4.